The van der Waals surface area contributed by atoms with E-state index < -0.39 is 28.4 Å². The van der Waals surface area contributed by atoms with Crippen molar-refractivity contribution in [2.45, 2.75) is 6.54 Å². The van der Waals surface area contributed by atoms with Gasteiger partial charge in [0.2, 0.25) is 5.43 Å². The lowest BCUT2D eigenvalue weighted by molar-refractivity contribution is 0.545. The number of halogens is 4. The first-order valence-corrected chi connectivity index (χ1v) is 7.42. The molecule has 0 aliphatic rings. The van der Waals surface area contributed by atoms with E-state index in [0.29, 0.717) is 12.1 Å². The second-order valence-electron chi connectivity index (χ2n) is 5.23. The predicted molar refractivity (Wildman–Crippen MR) is 86.6 cm³/mol. The van der Waals surface area contributed by atoms with Crippen molar-refractivity contribution < 1.29 is 13.2 Å². The number of nitrogens with zero attached hydrogens (tertiary/aromatic N) is 1. The van der Waals surface area contributed by atoms with E-state index in [9.17, 15) is 18.0 Å². The highest BCUT2D eigenvalue weighted by molar-refractivity contribution is 6.30. The van der Waals surface area contributed by atoms with Crippen LogP contribution in [-0.4, -0.2) is 4.57 Å². The average Bonchev–Trinajstić information content (AvgIpc) is 2.52. The SMILES string of the molecule is O=c1cc(-c2c(F)cc(F)cc2F)n(Cc2ccccc2)cc1Cl. The van der Waals surface area contributed by atoms with Crippen LogP contribution in [0.15, 0.2) is 59.5 Å². The van der Waals surface area contributed by atoms with E-state index >= 15 is 0 Å². The maximum Gasteiger partial charge on any atom is 0.200 e. The van der Waals surface area contributed by atoms with Crippen molar-refractivity contribution >= 4 is 11.6 Å². The van der Waals surface area contributed by atoms with Crippen molar-refractivity contribution in [3.8, 4) is 11.3 Å². The zero-order valence-electron chi connectivity index (χ0n) is 12.3. The third-order valence-corrected chi connectivity index (χ3v) is 3.82. The van der Waals surface area contributed by atoms with Crippen molar-refractivity contribution in [2.24, 2.45) is 0 Å². The van der Waals surface area contributed by atoms with Gasteiger partial charge in [-0.15, -0.1) is 0 Å². The summed E-state index contributed by atoms with van der Waals surface area (Å²) in [6.45, 7) is 0.242. The molecular formula is C18H11ClF3NO. The van der Waals surface area contributed by atoms with E-state index in [1.54, 1.807) is 0 Å². The summed E-state index contributed by atoms with van der Waals surface area (Å²) in [5.41, 5.74) is -0.204. The summed E-state index contributed by atoms with van der Waals surface area (Å²) >= 11 is 5.86. The minimum absolute atomic E-state index is 0.0109. The van der Waals surface area contributed by atoms with Gasteiger partial charge in [0, 0.05) is 30.9 Å². The Morgan fingerprint density at radius 2 is 1.58 bits per heavy atom. The molecule has 0 N–H and O–H groups in total. The zero-order valence-corrected chi connectivity index (χ0v) is 13.0. The van der Waals surface area contributed by atoms with Gasteiger partial charge in [-0.05, 0) is 5.56 Å². The van der Waals surface area contributed by atoms with Crippen LogP contribution < -0.4 is 5.43 Å². The molecule has 24 heavy (non-hydrogen) atoms. The number of hydrogen-bond donors (Lipinski definition) is 0. The molecule has 3 aromatic rings. The third-order valence-electron chi connectivity index (χ3n) is 3.54. The summed E-state index contributed by atoms with van der Waals surface area (Å²) in [6.07, 6.45) is 1.31. The summed E-state index contributed by atoms with van der Waals surface area (Å²) in [6, 6.07) is 11.3. The van der Waals surface area contributed by atoms with Crippen molar-refractivity contribution in [3.05, 3.63) is 93.0 Å². The Balaban J connectivity index is 2.21. The Morgan fingerprint density at radius 3 is 2.21 bits per heavy atom. The fourth-order valence-electron chi connectivity index (χ4n) is 2.46. The van der Waals surface area contributed by atoms with Crippen LogP contribution in [0.5, 0.6) is 0 Å². The smallest absolute Gasteiger partial charge is 0.200 e. The summed E-state index contributed by atoms with van der Waals surface area (Å²) in [5, 5.41) is -0.0717. The molecule has 0 radical (unpaired) electrons. The Hall–Kier alpha value is -2.53. The summed E-state index contributed by atoms with van der Waals surface area (Å²) in [4.78, 5) is 11.8. The maximum absolute atomic E-state index is 14.1. The number of aromatic nitrogens is 1. The molecule has 0 saturated heterocycles. The number of rotatable bonds is 3. The highest BCUT2D eigenvalue weighted by Crippen LogP contribution is 2.27. The van der Waals surface area contributed by atoms with Gasteiger partial charge in [0.1, 0.15) is 22.5 Å². The van der Waals surface area contributed by atoms with Crippen molar-refractivity contribution in [2.75, 3.05) is 0 Å². The fraction of sp³-hybridized carbons (Fsp3) is 0.0556. The van der Waals surface area contributed by atoms with Crippen LogP contribution in [0.4, 0.5) is 13.2 Å². The molecule has 2 nitrogen and oxygen atoms in total. The Morgan fingerprint density at radius 1 is 0.958 bits per heavy atom. The largest absolute Gasteiger partial charge is 0.341 e. The molecule has 0 amide bonds. The van der Waals surface area contributed by atoms with Crippen molar-refractivity contribution in [3.63, 3.8) is 0 Å². The summed E-state index contributed by atoms with van der Waals surface area (Å²) in [7, 11) is 0. The highest BCUT2D eigenvalue weighted by atomic mass is 35.5. The zero-order chi connectivity index (χ0) is 17.3. The standard InChI is InChI=1S/C18H11ClF3NO/c19-13-10-23(9-11-4-2-1-3-5-11)16(8-17(13)24)18-14(21)6-12(20)7-15(18)22/h1-8,10H,9H2. The second kappa shape index (κ2) is 6.53. The Bertz CT molecular complexity index is 931. The molecule has 1 aromatic heterocycles. The van der Waals surface area contributed by atoms with Gasteiger partial charge >= 0.3 is 0 Å². The Kier molecular flexibility index (Phi) is 4.44. The molecule has 0 aliphatic heterocycles. The molecule has 0 atom stereocenters. The third kappa shape index (κ3) is 3.21. The Labute approximate surface area is 140 Å². The molecule has 0 aliphatic carbocycles. The average molecular weight is 350 g/mol. The molecule has 3 rings (SSSR count). The molecule has 0 spiro atoms. The lowest BCUT2D eigenvalue weighted by atomic mass is 10.1. The maximum atomic E-state index is 14.1. The lowest BCUT2D eigenvalue weighted by Crippen LogP contribution is -2.12. The van der Waals surface area contributed by atoms with Gasteiger partial charge < -0.3 is 4.57 Å². The van der Waals surface area contributed by atoms with Crippen LogP contribution >= 0.6 is 11.6 Å². The molecule has 0 unspecified atom stereocenters. The van der Waals surface area contributed by atoms with E-state index in [1.165, 1.54) is 10.8 Å². The molecule has 2 aromatic carbocycles. The lowest BCUT2D eigenvalue weighted by Gasteiger charge is -2.15. The van der Waals surface area contributed by atoms with E-state index in [1.807, 2.05) is 30.3 Å². The van der Waals surface area contributed by atoms with Crippen LogP contribution in [0.25, 0.3) is 11.3 Å². The van der Waals surface area contributed by atoms with Gasteiger partial charge in [-0.1, -0.05) is 41.9 Å². The quantitative estimate of drug-likeness (QED) is 0.675. The van der Waals surface area contributed by atoms with Gasteiger partial charge in [0.25, 0.3) is 0 Å². The van der Waals surface area contributed by atoms with E-state index in [-0.39, 0.29) is 17.3 Å². The molecule has 6 heteroatoms. The van der Waals surface area contributed by atoms with Crippen molar-refractivity contribution in [1.82, 2.24) is 4.57 Å². The first-order valence-electron chi connectivity index (χ1n) is 7.04. The normalized spacial score (nSPS) is 10.8. The van der Waals surface area contributed by atoms with Gasteiger partial charge in [-0.2, -0.15) is 0 Å². The van der Waals surface area contributed by atoms with Gasteiger partial charge in [-0.25, -0.2) is 13.2 Å². The minimum atomic E-state index is -1.09. The van der Waals surface area contributed by atoms with Crippen LogP contribution in [0, 0.1) is 17.5 Å². The number of benzene rings is 2. The predicted octanol–water partition coefficient (Wildman–Crippen LogP) is 4.63. The first kappa shape index (κ1) is 16.3. The topological polar surface area (TPSA) is 22.0 Å². The van der Waals surface area contributed by atoms with E-state index in [4.69, 9.17) is 11.6 Å². The highest BCUT2D eigenvalue weighted by Gasteiger charge is 2.18. The number of pyridine rings is 1. The van der Waals surface area contributed by atoms with Gasteiger partial charge in [0.05, 0.1) is 11.3 Å². The fourth-order valence-corrected chi connectivity index (χ4v) is 2.63. The molecule has 0 bridgehead atoms. The molecule has 0 fully saturated rings. The van der Waals surface area contributed by atoms with Gasteiger partial charge in [0.15, 0.2) is 0 Å². The van der Waals surface area contributed by atoms with Crippen molar-refractivity contribution in [1.29, 1.82) is 0 Å². The first-order chi connectivity index (χ1) is 11.5. The van der Waals surface area contributed by atoms with E-state index in [0.717, 1.165) is 11.6 Å². The summed E-state index contributed by atoms with van der Waals surface area (Å²) < 4.78 is 42.8. The molecular weight excluding hydrogens is 339 g/mol. The minimum Gasteiger partial charge on any atom is -0.341 e. The van der Waals surface area contributed by atoms with Crippen LogP contribution in [0.3, 0.4) is 0 Å². The van der Waals surface area contributed by atoms with Gasteiger partial charge in [-0.3, -0.25) is 4.79 Å². The van der Waals surface area contributed by atoms with Crippen LogP contribution in [0.2, 0.25) is 5.02 Å². The second-order valence-corrected chi connectivity index (χ2v) is 5.64. The monoisotopic (exact) mass is 349 g/mol. The molecule has 122 valence electrons. The number of hydrogen-bond acceptors (Lipinski definition) is 1. The molecule has 1 heterocycles. The summed E-state index contributed by atoms with van der Waals surface area (Å²) in [5.74, 6) is -3.20. The molecule has 0 saturated carbocycles. The van der Waals surface area contributed by atoms with Crippen LogP contribution in [0.1, 0.15) is 5.56 Å². The van der Waals surface area contributed by atoms with Crippen LogP contribution in [-0.2, 0) is 6.54 Å². The van der Waals surface area contributed by atoms with E-state index in [2.05, 4.69) is 0 Å².